The maximum absolute atomic E-state index is 14.4. The number of allylic oxidation sites excluding steroid dienone is 1. The molecule has 1 amide bonds. The Hall–Kier alpha value is -3.00. The summed E-state index contributed by atoms with van der Waals surface area (Å²) in [5, 5.41) is 4.90. The lowest BCUT2D eigenvalue weighted by Gasteiger charge is -2.31. The van der Waals surface area contributed by atoms with Crippen LogP contribution < -0.4 is 15.8 Å². The van der Waals surface area contributed by atoms with Crippen molar-refractivity contribution in [3.05, 3.63) is 57.5 Å². The van der Waals surface area contributed by atoms with Gasteiger partial charge in [0.15, 0.2) is 0 Å². The number of rotatable bonds is 6. The standard InChI is InChI=1S/C26H29FN4O2S/c27-21-9-5-4-8-19(21)20-16-34-23-22(20)29-26(30-25(23)33)31-14-11-18(12-15-31)24(32)28-13-10-17-6-2-1-3-7-17/h4-6,8-9,16,18H,1-3,7,10-15H2,(H,28,32)(H,29,30,33). The minimum absolute atomic E-state index is 0.0258. The lowest BCUT2D eigenvalue weighted by Crippen LogP contribution is -2.41. The zero-order valence-electron chi connectivity index (χ0n) is 19.1. The summed E-state index contributed by atoms with van der Waals surface area (Å²) in [6.45, 7) is 1.97. The van der Waals surface area contributed by atoms with Crippen molar-refractivity contribution in [2.75, 3.05) is 24.5 Å². The van der Waals surface area contributed by atoms with Gasteiger partial charge in [0.2, 0.25) is 11.9 Å². The van der Waals surface area contributed by atoms with Gasteiger partial charge in [0.1, 0.15) is 10.5 Å². The van der Waals surface area contributed by atoms with Crippen LogP contribution in [0.15, 0.2) is 46.1 Å². The number of hydrogen-bond acceptors (Lipinski definition) is 5. The smallest absolute Gasteiger partial charge is 0.270 e. The van der Waals surface area contributed by atoms with E-state index in [4.69, 9.17) is 4.98 Å². The molecule has 3 aromatic rings. The van der Waals surface area contributed by atoms with Gasteiger partial charge in [0.25, 0.3) is 5.56 Å². The molecule has 5 rings (SSSR count). The molecule has 0 bridgehead atoms. The van der Waals surface area contributed by atoms with Crippen molar-refractivity contribution in [3.63, 3.8) is 0 Å². The van der Waals surface area contributed by atoms with Crippen molar-refractivity contribution >= 4 is 33.4 Å². The van der Waals surface area contributed by atoms with E-state index in [-0.39, 0.29) is 23.2 Å². The second-order valence-corrected chi connectivity index (χ2v) is 9.99. The molecule has 2 aliphatic rings. The first-order chi connectivity index (χ1) is 16.6. The fourth-order valence-electron chi connectivity index (χ4n) is 4.91. The van der Waals surface area contributed by atoms with E-state index in [1.54, 1.807) is 23.6 Å². The lowest BCUT2D eigenvalue weighted by atomic mass is 9.95. The van der Waals surface area contributed by atoms with Crippen molar-refractivity contribution in [3.8, 4) is 11.1 Å². The van der Waals surface area contributed by atoms with E-state index >= 15 is 0 Å². The highest BCUT2D eigenvalue weighted by molar-refractivity contribution is 7.17. The van der Waals surface area contributed by atoms with E-state index in [1.807, 2.05) is 4.90 Å². The number of H-pyrrole nitrogens is 1. The zero-order chi connectivity index (χ0) is 23.5. The Bertz CT molecular complexity index is 1270. The predicted molar refractivity (Wildman–Crippen MR) is 135 cm³/mol. The third-order valence-corrected chi connectivity index (χ3v) is 7.84. The largest absolute Gasteiger partial charge is 0.356 e. The number of nitrogens with zero attached hydrogens (tertiary/aromatic N) is 2. The number of nitrogens with one attached hydrogen (secondary N) is 2. The van der Waals surface area contributed by atoms with Gasteiger partial charge < -0.3 is 10.2 Å². The Morgan fingerprint density at radius 1 is 1.21 bits per heavy atom. The van der Waals surface area contributed by atoms with E-state index in [9.17, 15) is 14.0 Å². The normalized spacial score (nSPS) is 17.1. The number of carbonyl (C=O) groups excluding carboxylic acids is 1. The summed E-state index contributed by atoms with van der Waals surface area (Å²) in [6.07, 6.45) is 9.54. The van der Waals surface area contributed by atoms with Crippen LogP contribution in [0.1, 0.15) is 44.9 Å². The van der Waals surface area contributed by atoms with Crippen molar-refractivity contribution in [1.29, 1.82) is 0 Å². The maximum Gasteiger partial charge on any atom is 0.270 e. The highest BCUT2D eigenvalue weighted by Gasteiger charge is 2.26. The molecule has 3 heterocycles. The van der Waals surface area contributed by atoms with Crippen LogP contribution in [0.4, 0.5) is 10.3 Å². The van der Waals surface area contributed by atoms with E-state index in [2.05, 4.69) is 16.4 Å². The van der Waals surface area contributed by atoms with Crippen LogP contribution in [-0.2, 0) is 4.79 Å². The molecule has 0 saturated carbocycles. The average molecular weight is 481 g/mol. The first-order valence-electron chi connectivity index (χ1n) is 12.1. The van der Waals surface area contributed by atoms with Gasteiger partial charge in [-0.3, -0.25) is 14.6 Å². The Morgan fingerprint density at radius 2 is 2.03 bits per heavy atom. The Balaban J connectivity index is 1.24. The van der Waals surface area contributed by atoms with Gasteiger partial charge in [-0.2, -0.15) is 0 Å². The molecule has 0 radical (unpaired) electrons. The molecule has 1 aliphatic heterocycles. The van der Waals surface area contributed by atoms with Crippen molar-refractivity contribution < 1.29 is 9.18 Å². The molecule has 2 N–H and O–H groups in total. The number of halogens is 1. The van der Waals surface area contributed by atoms with Gasteiger partial charge in [-0.1, -0.05) is 29.8 Å². The van der Waals surface area contributed by atoms with Crippen LogP contribution in [-0.4, -0.2) is 35.5 Å². The van der Waals surface area contributed by atoms with Gasteiger partial charge in [-0.15, -0.1) is 11.3 Å². The number of amides is 1. The highest BCUT2D eigenvalue weighted by atomic mass is 32.1. The van der Waals surface area contributed by atoms with Crippen LogP contribution in [0.3, 0.4) is 0 Å². The van der Waals surface area contributed by atoms with E-state index in [0.717, 1.165) is 19.3 Å². The van der Waals surface area contributed by atoms with Crippen molar-refractivity contribution in [2.24, 2.45) is 5.92 Å². The number of benzene rings is 1. The topological polar surface area (TPSA) is 78.1 Å². The average Bonchev–Trinajstić information content (AvgIpc) is 3.29. The Kier molecular flexibility index (Phi) is 6.76. The van der Waals surface area contributed by atoms with Gasteiger partial charge in [0.05, 0.1) is 5.52 Å². The third kappa shape index (κ3) is 4.78. The van der Waals surface area contributed by atoms with Crippen LogP contribution >= 0.6 is 11.3 Å². The monoisotopic (exact) mass is 480 g/mol. The van der Waals surface area contributed by atoms with Crippen molar-refractivity contribution in [2.45, 2.75) is 44.9 Å². The zero-order valence-corrected chi connectivity index (χ0v) is 19.9. The SMILES string of the molecule is O=C(NCCC1=CCCCC1)C1CCN(c2nc3c(-c4ccccc4F)csc3c(=O)[nH]2)CC1. The molecular weight excluding hydrogens is 451 g/mol. The summed E-state index contributed by atoms with van der Waals surface area (Å²) in [6, 6.07) is 6.54. The minimum atomic E-state index is -0.336. The molecule has 178 valence electrons. The van der Waals surface area contributed by atoms with E-state index in [1.165, 1.54) is 35.8 Å². The van der Waals surface area contributed by atoms with Gasteiger partial charge in [-0.05, 0) is 51.0 Å². The number of thiophene rings is 1. The van der Waals surface area contributed by atoms with Crippen LogP contribution in [0.5, 0.6) is 0 Å². The number of anilines is 1. The van der Waals surface area contributed by atoms with Gasteiger partial charge in [-0.25, -0.2) is 9.37 Å². The summed E-state index contributed by atoms with van der Waals surface area (Å²) in [4.78, 5) is 35.0. The maximum atomic E-state index is 14.4. The van der Waals surface area contributed by atoms with Crippen LogP contribution in [0.2, 0.25) is 0 Å². The fraction of sp³-hybridized carbons (Fsp3) is 0.423. The molecule has 1 aliphatic carbocycles. The molecular formula is C26H29FN4O2S. The number of aromatic amines is 1. The molecule has 6 nitrogen and oxygen atoms in total. The summed E-state index contributed by atoms with van der Waals surface area (Å²) in [5.74, 6) is 0.240. The highest BCUT2D eigenvalue weighted by Crippen LogP contribution is 2.33. The number of fused-ring (bicyclic) bond motifs is 1. The number of carbonyl (C=O) groups is 1. The van der Waals surface area contributed by atoms with Crippen LogP contribution in [0.25, 0.3) is 21.3 Å². The number of piperidine rings is 1. The molecule has 2 aromatic heterocycles. The summed E-state index contributed by atoms with van der Waals surface area (Å²) in [7, 11) is 0. The molecule has 0 atom stereocenters. The first kappa shape index (κ1) is 22.8. The van der Waals surface area contributed by atoms with Gasteiger partial charge in [0, 0.05) is 42.1 Å². The first-order valence-corrected chi connectivity index (χ1v) is 12.9. The quantitative estimate of drug-likeness (QED) is 0.486. The second-order valence-electron chi connectivity index (χ2n) is 9.11. The molecule has 1 saturated heterocycles. The summed E-state index contributed by atoms with van der Waals surface area (Å²) in [5.41, 5.74) is 2.84. The van der Waals surface area contributed by atoms with E-state index < -0.39 is 0 Å². The fourth-order valence-corrected chi connectivity index (χ4v) is 5.81. The third-order valence-electron chi connectivity index (χ3n) is 6.87. The minimum Gasteiger partial charge on any atom is -0.356 e. The van der Waals surface area contributed by atoms with Crippen molar-refractivity contribution in [1.82, 2.24) is 15.3 Å². The van der Waals surface area contributed by atoms with E-state index in [0.29, 0.717) is 59.8 Å². The second kappa shape index (κ2) is 10.1. The number of hydrogen-bond donors (Lipinski definition) is 2. The predicted octanol–water partition coefficient (Wildman–Crippen LogP) is 5.01. The lowest BCUT2D eigenvalue weighted by molar-refractivity contribution is -0.125. The summed E-state index contributed by atoms with van der Waals surface area (Å²) < 4.78 is 14.9. The molecule has 0 unspecified atom stereocenters. The molecule has 8 heteroatoms. The summed E-state index contributed by atoms with van der Waals surface area (Å²) >= 11 is 1.27. The van der Waals surface area contributed by atoms with Crippen LogP contribution in [0, 0.1) is 11.7 Å². The molecule has 0 spiro atoms. The molecule has 1 aromatic carbocycles. The molecule has 34 heavy (non-hydrogen) atoms. The Labute approximate surface area is 201 Å². The molecule has 1 fully saturated rings. The van der Waals surface area contributed by atoms with Gasteiger partial charge >= 0.3 is 0 Å². The number of aromatic nitrogens is 2. The Morgan fingerprint density at radius 3 is 2.79 bits per heavy atom.